The van der Waals surface area contributed by atoms with Crippen molar-refractivity contribution >= 4 is 22.7 Å². The Morgan fingerprint density at radius 3 is 2.62 bits per heavy atom. The predicted molar refractivity (Wildman–Crippen MR) is 88.1 cm³/mol. The molecule has 3 nitrogen and oxygen atoms in total. The molecule has 2 N–H and O–H groups in total. The van der Waals surface area contributed by atoms with Crippen LogP contribution >= 0.6 is 11.3 Å². The molecule has 0 aliphatic carbocycles. The van der Waals surface area contributed by atoms with Gasteiger partial charge in [-0.05, 0) is 36.2 Å². The van der Waals surface area contributed by atoms with E-state index < -0.39 is 0 Å². The third-order valence-electron chi connectivity index (χ3n) is 3.23. The molecule has 0 spiro atoms. The molecule has 0 saturated heterocycles. The van der Waals surface area contributed by atoms with Gasteiger partial charge in [0.25, 0.3) is 0 Å². The SMILES string of the molecule is OCCc1ccc(Nc2cccc(-c3cscn3)c2)cc1. The summed E-state index contributed by atoms with van der Waals surface area (Å²) >= 11 is 1.60. The number of hydrogen-bond acceptors (Lipinski definition) is 4. The third kappa shape index (κ3) is 3.48. The van der Waals surface area contributed by atoms with Crippen LogP contribution in [0.5, 0.6) is 0 Å². The molecule has 0 aliphatic heterocycles. The van der Waals surface area contributed by atoms with Crippen molar-refractivity contribution in [1.82, 2.24) is 4.98 Å². The van der Waals surface area contributed by atoms with Crippen molar-refractivity contribution in [3.8, 4) is 11.3 Å². The van der Waals surface area contributed by atoms with Crippen molar-refractivity contribution in [1.29, 1.82) is 0 Å². The minimum atomic E-state index is 0.183. The van der Waals surface area contributed by atoms with E-state index in [0.717, 1.165) is 28.2 Å². The first-order valence-electron chi connectivity index (χ1n) is 6.80. The van der Waals surface area contributed by atoms with Crippen LogP contribution in [0.25, 0.3) is 11.3 Å². The molecule has 21 heavy (non-hydrogen) atoms. The molecule has 2 aromatic carbocycles. The van der Waals surface area contributed by atoms with Crippen LogP contribution in [-0.2, 0) is 6.42 Å². The quantitative estimate of drug-likeness (QED) is 0.745. The van der Waals surface area contributed by atoms with E-state index in [2.05, 4.69) is 22.4 Å². The fraction of sp³-hybridized carbons (Fsp3) is 0.118. The molecule has 1 heterocycles. The maximum Gasteiger partial charge on any atom is 0.0811 e. The number of nitrogens with zero attached hydrogens (tertiary/aromatic N) is 1. The summed E-state index contributed by atoms with van der Waals surface area (Å²) < 4.78 is 0. The van der Waals surface area contributed by atoms with Crippen molar-refractivity contribution in [2.24, 2.45) is 0 Å². The second kappa shape index (κ2) is 6.52. The number of aliphatic hydroxyl groups excluding tert-OH is 1. The fourth-order valence-corrected chi connectivity index (χ4v) is 2.72. The molecule has 106 valence electrons. The number of aliphatic hydroxyl groups is 1. The summed E-state index contributed by atoms with van der Waals surface area (Å²) in [6.07, 6.45) is 0.694. The highest BCUT2D eigenvalue weighted by atomic mass is 32.1. The van der Waals surface area contributed by atoms with Gasteiger partial charge in [-0.15, -0.1) is 11.3 Å². The number of aromatic nitrogens is 1. The second-order valence-corrected chi connectivity index (χ2v) is 5.47. The summed E-state index contributed by atoms with van der Waals surface area (Å²) in [5.74, 6) is 0. The number of thiazole rings is 1. The lowest BCUT2D eigenvalue weighted by atomic mass is 10.1. The predicted octanol–water partition coefficient (Wildman–Crippen LogP) is 4.09. The smallest absolute Gasteiger partial charge is 0.0811 e. The summed E-state index contributed by atoms with van der Waals surface area (Å²) in [6.45, 7) is 0.183. The highest BCUT2D eigenvalue weighted by Gasteiger charge is 2.01. The van der Waals surface area contributed by atoms with Crippen LogP contribution in [-0.4, -0.2) is 16.7 Å². The van der Waals surface area contributed by atoms with Gasteiger partial charge in [0.2, 0.25) is 0 Å². The number of anilines is 2. The molecule has 3 aromatic rings. The standard InChI is InChI=1S/C17H16N2OS/c20-9-8-13-4-6-15(7-5-13)19-16-3-1-2-14(10-16)17-11-21-12-18-17/h1-7,10-12,19-20H,8-9H2. The molecule has 4 heteroatoms. The lowest BCUT2D eigenvalue weighted by molar-refractivity contribution is 0.299. The molecular weight excluding hydrogens is 280 g/mol. The maximum atomic E-state index is 8.92. The van der Waals surface area contributed by atoms with E-state index in [1.807, 2.05) is 47.3 Å². The van der Waals surface area contributed by atoms with E-state index in [9.17, 15) is 0 Å². The molecule has 0 radical (unpaired) electrons. The van der Waals surface area contributed by atoms with Gasteiger partial charge in [0.05, 0.1) is 11.2 Å². The summed E-state index contributed by atoms with van der Waals surface area (Å²) in [5.41, 5.74) is 7.16. The summed E-state index contributed by atoms with van der Waals surface area (Å²) in [7, 11) is 0. The Morgan fingerprint density at radius 2 is 1.90 bits per heavy atom. The van der Waals surface area contributed by atoms with E-state index >= 15 is 0 Å². The van der Waals surface area contributed by atoms with Crippen LogP contribution in [0.3, 0.4) is 0 Å². The molecule has 0 unspecified atom stereocenters. The number of nitrogens with one attached hydrogen (secondary N) is 1. The molecule has 0 saturated carbocycles. The lowest BCUT2D eigenvalue weighted by Gasteiger charge is -2.08. The van der Waals surface area contributed by atoms with Gasteiger partial charge in [-0.1, -0.05) is 24.3 Å². The molecule has 3 rings (SSSR count). The van der Waals surface area contributed by atoms with Crippen molar-refractivity contribution in [3.63, 3.8) is 0 Å². The van der Waals surface area contributed by atoms with Gasteiger partial charge >= 0.3 is 0 Å². The molecule has 0 atom stereocenters. The zero-order valence-electron chi connectivity index (χ0n) is 11.5. The van der Waals surface area contributed by atoms with Crippen molar-refractivity contribution in [3.05, 3.63) is 65.0 Å². The van der Waals surface area contributed by atoms with Gasteiger partial charge in [0.1, 0.15) is 0 Å². The monoisotopic (exact) mass is 296 g/mol. The Bertz CT molecular complexity index is 693. The first-order chi connectivity index (χ1) is 10.3. The minimum Gasteiger partial charge on any atom is -0.396 e. The average molecular weight is 296 g/mol. The van der Waals surface area contributed by atoms with Crippen LogP contribution in [0.15, 0.2) is 59.4 Å². The van der Waals surface area contributed by atoms with Gasteiger partial charge in [-0.25, -0.2) is 4.98 Å². The van der Waals surface area contributed by atoms with E-state index in [0.29, 0.717) is 6.42 Å². The third-order valence-corrected chi connectivity index (χ3v) is 3.82. The van der Waals surface area contributed by atoms with Crippen LogP contribution in [0, 0.1) is 0 Å². The Morgan fingerprint density at radius 1 is 1.05 bits per heavy atom. The van der Waals surface area contributed by atoms with E-state index in [4.69, 9.17) is 5.11 Å². The van der Waals surface area contributed by atoms with Crippen LogP contribution in [0.1, 0.15) is 5.56 Å². The summed E-state index contributed by atoms with van der Waals surface area (Å²) in [6, 6.07) is 16.3. The maximum absolute atomic E-state index is 8.92. The van der Waals surface area contributed by atoms with Crippen LogP contribution < -0.4 is 5.32 Å². The van der Waals surface area contributed by atoms with Crippen LogP contribution in [0.4, 0.5) is 11.4 Å². The molecule has 0 fully saturated rings. The first-order valence-corrected chi connectivity index (χ1v) is 7.75. The zero-order chi connectivity index (χ0) is 14.5. The van der Waals surface area contributed by atoms with Crippen LogP contribution in [0.2, 0.25) is 0 Å². The summed E-state index contributed by atoms with van der Waals surface area (Å²) in [5, 5.41) is 14.4. The van der Waals surface area contributed by atoms with Crippen molar-refractivity contribution < 1.29 is 5.11 Å². The first kappa shape index (κ1) is 13.8. The van der Waals surface area contributed by atoms with Gasteiger partial charge in [-0.2, -0.15) is 0 Å². The number of hydrogen-bond donors (Lipinski definition) is 2. The Labute approximate surface area is 127 Å². The summed E-state index contributed by atoms with van der Waals surface area (Å²) in [4.78, 5) is 4.33. The van der Waals surface area contributed by atoms with Gasteiger partial charge < -0.3 is 10.4 Å². The Hall–Kier alpha value is -2.17. The average Bonchev–Trinajstić information content (AvgIpc) is 3.04. The lowest BCUT2D eigenvalue weighted by Crippen LogP contribution is -1.93. The normalized spacial score (nSPS) is 10.5. The highest BCUT2D eigenvalue weighted by Crippen LogP contribution is 2.24. The molecule has 0 amide bonds. The fourth-order valence-electron chi connectivity index (χ4n) is 2.16. The second-order valence-electron chi connectivity index (χ2n) is 4.75. The molecule has 0 bridgehead atoms. The Balaban J connectivity index is 1.77. The number of rotatable bonds is 5. The van der Waals surface area contributed by atoms with E-state index in [1.54, 1.807) is 11.3 Å². The molecule has 0 aliphatic rings. The topological polar surface area (TPSA) is 45.1 Å². The Kier molecular flexibility index (Phi) is 4.28. The van der Waals surface area contributed by atoms with E-state index in [-0.39, 0.29) is 6.61 Å². The highest BCUT2D eigenvalue weighted by molar-refractivity contribution is 7.07. The minimum absolute atomic E-state index is 0.183. The zero-order valence-corrected chi connectivity index (χ0v) is 12.3. The largest absolute Gasteiger partial charge is 0.396 e. The van der Waals surface area contributed by atoms with Crippen molar-refractivity contribution in [2.75, 3.05) is 11.9 Å². The molecule has 1 aromatic heterocycles. The van der Waals surface area contributed by atoms with Gasteiger partial charge in [0, 0.05) is 28.9 Å². The van der Waals surface area contributed by atoms with Gasteiger partial charge in [-0.3, -0.25) is 0 Å². The van der Waals surface area contributed by atoms with Gasteiger partial charge in [0.15, 0.2) is 0 Å². The number of benzene rings is 2. The molecular formula is C17H16N2OS. The van der Waals surface area contributed by atoms with E-state index in [1.165, 1.54) is 0 Å². The van der Waals surface area contributed by atoms with Crippen molar-refractivity contribution in [2.45, 2.75) is 6.42 Å².